The van der Waals surface area contributed by atoms with E-state index in [0.29, 0.717) is 12.1 Å². The van der Waals surface area contributed by atoms with Crippen molar-refractivity contribution in [1.82, 2.24) is 0 Å². The van der Waals surface area contributed by atoms with Gasteiger partial charge in [-0.05, 0) is 25.0 Å². The van der Waals surface area contributed by atoms with Crippen molar-refractivity contribution in [3.63, 3.8) is 0 Å². The Kier molecular flexibility index (Phi) is 2.58. The number of anilines is 1. The highest BCUT2D eigenvalue weighted by molar-refractivity contribution is 6.41. The largest absolute Gasteiger partial charge is 0.293 e. The zero-order chi connectivity index (χ0) is 9.80. The summed E-state index contributed by atoms with van der Waals surface area (Å²) in [6.45, 7) is 0. The quantitative estimate of drug-likeness (QED) is 0.723. The topological polar surface area (TPSA) is 41.5 Å². The Labute approximate surface area is 82.8 Å². The molecule has 0 bridgehead atoms. The molecular weight excluding hydrogens is 176 g/mol. The minimum absolute atomic E-state index is 0.174. The smallest absolute Gasteiger partial charge is 0.178 e. The van der Waals surface area contributed by atoms with E-state index in [9.17, 15) is 4.79 Å². The first-order valence-corrected chi connectivity index (χ1v) is 4.77. The number of Topliss-reactive ketones (excluding diaryl/α,β-unsaturated/α-hetero) is 1. The molecule has 0 aromatic heterocycles. The molecule has 1 aliphatic carbocycles. The number of benzene rings is 1. The molecule has 0 saturated heterocycles. The van der Waals surface area contributed by atoms with Gasteiger partial charge in [-0.1, -0.05) is 18.2 Å². The fourth-order valence-electron chi connectivity index (χ4n) is 1.46. The molecular formula is C11H12N2O. The van der Waals surface area contributed by atoms with Crippen LogP contribution in [0.15, 0.2) is 35.4 Å². The van der Waals surface area contributed by atoms with Gasteiger partial charge in [-0.15, -0.1) is 0 Å². The SMILES string of the molecule is O=C1CCC/C1=N/Nc1ccccc1. The normalized spacial score (nSPS) is 18.9. The molecule has 1 aliphatic rings. The van der Waals surface area contributed by atoms with Crippen LogP contribution in [0, 0.1) is 0 Å². The van der Waals surface area contributed by atoms with Crippen LogP contribution in [-0.4, -0.2) is 11.5 Å². The third-order valence-corrected chi connectivity index (χ3v) is 2.23. The van der Waals surface area contributed by atoms with E-state index >= 15 is 0 Å². The third kappa shape index (κ3) is 1.99. The number of hydrogen-bond donors (Lipinski definition) is 1. The van der Waals surface area contributed by atoms with Gasteiger partial charge in [0.05, 0.1) is 5.69 Å². The summed E-state index contributed by atoms with van der Waals surface area (Å²) in [6, 6.07) is 9.64. The summed E-state index contributed by atoms with van der Waals surface area (Å²) in [5, 5.41) is 4.09. The van der Waals surface area contributed by atoms with Crippen LogP contribution in [0.3, 0.4) is 0 Å². The Bertz CT molecular complexity index is 357. The lowest BCUT2D eigenvalue weighted by molar-refractivity contribution is -0.112. The molecule has 14 heavy (non-hydrogen) atoms. The molecule has 0 heterocycles. The summed E-state index contributed by atoms with van der Waals surface area (Å²) in [5.41, 5.74) is 4.48. The summed E-state index contributed by atoms with van der Waals surface area (Å²) >= 11 is 0. The van der Waals surface area contributed by atoms with E-state index in [4.69, 9.17) is 0 Å². The zero-order valence-corrected chi connectivity index (χ0v) is 7.86. The van der Waals surface area contributed by atoms with Crippen molar-refractivity contribution in [2.24, 2.45) is 5.10 Å². The van der Waals surface area contributed by atoms with Crippen molar-refractivity contribution in [1.29, 1.82) is 0 Å². The maximum absolute atomic E-state index is 11.2. The predicted molar refractivity (Wildman–Crippen MR) is 56.4 cm³/mol. The lowest BCUT2D eigenvalue weighted by Crippen LogP contribution is -2.07. The summed E-state index contributed by atoms with van der Waals surface area (Å²) in [7, 11) is 0. The molecule has 1 N–H and O–H groups in total. The van der Waals surface area contributed by atoms with Gasteiger partial charge >= 0.3 is 0 Å². The molecule has 0 aliphatic heterocycles. The monoisotopic (exact) mass is 188 g/mol. The predicted octanol–water partition coefficient (Wildman–Crippen LogP) is 2.21. The maximum Gasteiger partial charge on any atom is 0.178 e. The van der Waals surface area contributed by atoms with Crippen LogP contribution in [0.5, 0.6) is 0 Å². The molecule has 0 unspecified atom stereocenters. The Morgan fingerprint density at radius 2 is 1.93 bits per heavy atom. The number of carbonyl (C=O) groups is 1. The average molecular weight is 188 g/mol. The van der Waals surface area contributed by atoms with E-state index in [1.807, 2.05) is 30.3 Å². The van der Waals surface area contributed by atoms with Crippen molar-refractivity contribution < 1.29 is 4.79 Å². The molecule has 0 radical (unpaired) electrons. The molecule has 3 nitrogen and oxygen atoms in total. The molecule has 1 aromatic rings. The number of hydrazone groups is 1. The lowest BCUT2D eigenvalue weighted by atomic mass is 10.3. The van der Waals surface area contributed by atoms with E-state index in [2.05, 4.69) is 10.5 Å². The Morgan fingerprint density at radius 1 is 1.14 bits per heavy atom. The molecule has 0 atom stereocenters. The van der Waals surface area contributed by atoms with Gasteiger partial charge in [-0.2, -0.15) is 5.10 Å². The zero-order valence-electron chi connectivity index (χ0n) is 7.86. The van der Waals surface area contributed by atoms with Gasteiger partial charge in [-0.3, -0.25) is 10.2 Å². The van der Waals surface area contributed by atoms with Crippen LogP contribution < -0.4 is 5.43 Å². The van der Waals surface area contributed by atoms with E-state index in [1.54, 1.807) is 0 Å². The van der Waals surface area contributed by atoms with Crippen LogP contribution >= 0.6 is 0 Å². The van der Waals surface area contributed by atoms with Crippen LogP contribution in [0.25, 0.3) is 0 Å². The van der Waals surface area contributed by atoms with Crippen LogP contribution in [0.2, 0.25) is 0 Å². The molecule has 1 saturated carbocycles. The summed E-state index contributed by atoms with van der Waals surface area (Å²) in [6.07, 6.45) is 2.39. The number of nitrogens with one attached hydrogen (secondary N) is 1. The first-order chi connectivity index (χ1) is 6.86. The number of carbonyl (C=O) groups excluding carboxylic acids is 1. The van der Waals surface area contributed by atoms with Crippen LogP contribution in [-0.2, 0) is 4.79 Å². The minimum Gasteiger partial charge on any atom is -0.293 e. The summed E-state index contributed by atoms with van der Waals surface area (Å²) in [4.78, 5) is 11.2. The first kappa shape index (κ1) is 8.94. The number of para-hydroxylation sites is 1. The van der Waals surface area contributed by atoms with Crippen LogP contribution in [0.4, 0.5) is 5.69 Å². The fourth-order valence-corrected chi connectivity index (χ4v) is 1.46. The van der Waals surface area contributed by atoms with Gasteiger partial charge in [0.15, 0.2) is 5.78 Å². The minimum atomic E-state index is 0.174. The molecule has 72 valence electrons. The van der Waals surface area contributed by atoms with Crippen molar-refractivity contribution in [3.05, 3.63) is 30.3 Å². The first-order valence-electron chi connectivity index (χ1n) is 4.77. The molecule has 2 rings (SSSR count). The second-order valence-corrected chi connectivity index (χ2v) is 3.31. The van der Waals surface area contributed by atoms with Crippen molar-refractivity contribution in [2.45, 2.75) is 19.3 Å². The average Bonchev–Trinajstić information content (AvgIpc) is 2.63. The van der Waals surface area contributed by atoms with Gasteiger partial charge in [-0.25, -0.2) is 0 Å². The van der Waals surface area contributed by atoms with E-state index < -0.39 is 0 Å². The number of ketones is 1. The van der Waals surface area contributed by atoms with E-state index in [-0.39, 0.29) is 5.78 Å². The van der Waals surface area contributed by atoms with Gasteiger partial charge in [0.25, 0.3) is 0 Å². The Morgan fingerprint density at radius 3 is 2.57 bits per heavy atom. The van der Waals surface area contributed by atoms with Gasteiger partial charge < -0.3 is 0 Å². The van der Waals surface area contributed by atoms with Crippen molar-refractivity contribution >= 4 is 17.2 Å². The second kappa shape index (κ2) is 4.05. The Balaban J connectivity index is 2.03. The molecule has 1 fully saturated rings. The maximum atomic E-state index is 11.2. The van der Waals surface area contributed by atoms with Gasteiger partial charge in [0, 0.05) is 6.42 Å². The summed E-state index contributed by atoms with van der Waals surface area (Å²) < 4.78 is 0. The van der Waals surface area contributed by atoms with Crippen LogP contribution in [0.1, 0.15) is 19.3 Å². The number of hydrogen-bond acceptors (Lipinski definition) is 3. The summed E-state index contributed by atoms with van der Waals surface area (Å²) in [5.74, 6) is 0.174. The van der Waals surface area contributed by atoms with E-state index in [1.165, 1.54) is 0 Å². The molecule has 1 aromatic carbocycles. The highest BCUT2D eigenvalue weighted by Gasteiger charge is 2.18. The van der Waals surface area contributed by atoms with E-state index in [0.717, 1.165) is 18.5 Å². The standard InChI is InChI=1S/C11H12N2O/c14-11-8-4-7-10(11)13-12-9-5-2-1-3-6-9/h1-3,5-6,12H,4,7-8H2/b13-10-. The Hall–Kier alpha value is -1.64. The third-order valence-electron chi connectivity index (χ3n) is 2.23. The van der Waals surface area contributed by atoms with Gasteiger partial charge in [0.1, 0.15) is 5.71 Å². The molecule has 0 amide bonds. The lowest BCUT2D eigenvalue weighted by Gasteiger charge is -1.99. The second-order valence-electron chi connectivity index (χ2n) is 3.31. The molecule has 3 heteroatoms. The van der Waals surface area contributed by atoms with Crippen molar-refractivity contribution in [3.8, 4) is 0 Å². The fraction of sp³-hybridized carbons (Fsp3) is 0.273. The highest BCUT2D eigenvalue weighted by atomic mass is 16.1. The number of nitrogens with zero attached hydrogens (tertiary/aromatic N) is 1. The van der Waals surface area contributed by atoms with Gasteiger partial charge in [0.2, 0.25) is 0 Å². The number of rotatable bonds is 2. The van der Waals surface area contributed by atoms with Crippen molar-refractivity contribution in [2.75, 3.05) is 5.43 Å². The molecule has 0 spiro atoms. The highest BCUT2D eigenvalue weighted by Crippen LogP contribution is 2.12.